The van der Waals surface area contributed by atoms with Crippen LogP contribution in [0.3, 0.4) is 0 Å². The fraction of sp³-hybridized carbons (Fsp3) is 0.385. The molecule has 0 saturated heterocycles. The third kappa shape index (κ3) is 3.37. The number of para-hydroxylation sites is 1. The second kappa shape index (κ2) is 6.08. The van der Waals surface area contributed by atoms with Gasteiger partial charge in [-0.3, -0.25) is 9.59 Å². The van der Waals surface area contributed by atoms with Crippen LogP contribution in [0.25, 0.3) is 0 Å². The van der Waals surface area contributed by atoms with E-state index in [2.05, 4.69) is 10.6 Å². The van der Waals surface area contributed by atoms with Gasteiger partial charge in [0.05, 0.1) is 5.56 Å². The molecule has 1 aliphatic heterocycles. The van der Waals surface area contributed by atoms with Crippen molar-refractivity contribution in [1.82, 2.24) is 10.6 Å². The van der Waals surface area contributed by atoms with Crippen LogP contribution < -0.4 is 20.1 Å². The van der Waals surface area contributed by atoms with Crippen molar-refractivity contribution in [1.29, 1.82) is 0 Å². The van der Waals surface area contributed by atoms with Crippen LogP contribution in [0.4, 0.5) is 0 Å². The summed E-state index contributed by atoms with van der Waals surface area (Å²) in [6.07, 6.45) is 0. The van der Waals surface area contributed by atoms with Crippen LogP contribution in [0.5, 0.6) is 11.5 Å². The van der Waals surface area contributed by atoms with Crippen molar-refractivity contribution >= 4 is 11.8 Å². The van der Waals surface area contributed by atoms with Gasteiger partial charge in [0.25, 0.3) is 5.91 Å². The average molecular weight is 264 g/mol. The van der Waals surface area contributed by atoms with Gasteiger partial charge in [-0.15, -0.1) is 0 Å². The van der Waals surface area contributed by atoms with Gasteiger partial charge in [-0.25, -0.2) is 0 Å². The SMILES string of the molecule is CC(=O)NCCNC(=O)c1cccc2c1OCCO2. The Hall–Kier alpha value is -2.24. The molecule has 0 spiro atoms. The predicted molar refractivity (Wildman–Crippen MR) is 68.4 cm³/mol. The molecule has 2 amide bonds. The van der Waals surface area contributed by atoms with E-state index in [0.717, 1.165) is 0 Å². The molecule has 0 bridgehead atoms. The minimum absolute atomic E-state index is 0.122. The molecular formula is C13H16N2O4. The second-order valence-corrected chi connectivity index (χ2v) is 4.07. The summed E-state index contributed by atoms with van der Waals surface area (Å²) < 4.78 is 10.9. The Morgan fingerprint density at radius 2 is 1.89 bits per heavy atom. The van der Waals surface area contributed by atoms with Gasteiger partial charge in [-0.05, 0) is 12.1 Å². The second-order valence-electron chi connectivity index (χ2n) is 4.07. The molecule has 6 heteroatoms. The Morgan fingerprint density at radius 3 is 2.68 bits per heavy atom. The molecule has 0 atom stereocenters. The van der Waals surface area contributed by atoms with Gasteiger partial charge in [-0.1, -0.05) is 6.07 Å². The van der Waals surface area contributed by atoms with Gasteiger partial charge in [0, 0.05) is 20.0 Å². The number of amides is 2. The van der Waals surface area contributed by atoms with E-state index >= 15 is 0 Å². The number of carbonyl (C=O) groups excluding carboxylic acids is 2. The lowest BCUT2D eigenvalue weighted by molar-refractivity contribution is -0.118. The van der Waals surface area contributed by atoms with Gasteiger partial charge in [0.2, 0.25) is 5.91 Å². The molecule has 102 valence electrons. The summed E-state index contributed by atoms with van der Waals surface area (Å²) in [5, 5.41) is 5.32. The van der Waals surface area contributed by atoms with Gasteiger partial charge in [0.15, 0.2) is 11.5 Å². The molecule has 1 heterocycles. The average Bonchev–Trinajstić information content (AvgIpc) is 2.42. The van der Waals surface area contributed by atoms with E-state index in [1.165, 1.54) is 6.92 Å². The first-order valence-electron chi connectivity index (χ1n) is 6.09. The summed E-state index contributed by atoms with van der Waals surface area (Å²) in [7, 11) is 0. The highest BCUT2D eigenvalue weighted by molar-refractivity contribution is 5.97. The Morgan fingerprint density at radius 1 is 1.16 bits per heavy atom. The summed E-state index contributed by atoms with van der Waals surface area (Å²) >= 11 is 0. The standard InChI is InChI=1S/C13H16N2O4/c1-9(16)14-5-6-15-13(17)10-3-2-4-11-12(10)19-8-7-18-11/h2-4H,5-8H2,1H3,(H,14,16)(H,15,17). The molecule has 1 aromatic rings. The maximum absolute atomic E-state index is 12.0. The Balaban J connectivity index is 1.97. The quantitative estimate of drug-likeness (QED) is 0.768. The fourth-order valence-electron chi connectivity index (χ4n) is 1.76. The zero-order valence-corrected chi connectivity index (χ0v) is 10.7. The third-order valence-electron chi connectivity index (χ3n) is 2.60. The van der Waals surface area contributed by atoms with Crippen LogP contribution in [-0.2, 0) is 4.79 Å². The van der Waals surface area contributed by atoms with Crippen molar-refractivity contribution in [3.63, 3.8) is 0 Å². The highest BCUT2D eigenvalue weighted by Gasteiger charge is 2.19. The van der Waals surface area contributed by atoms with Crippen LogP contribution >= 0.6 is 0 Å². The van der Waals surface area contributed by atoms with E-state index in [-0.39, 0.29) is 11.8 Å². The number of carbonyl (C=O) groups is 2. The van der Waals surface area contributed by atoms with Gasteiger partial charge in [-0.2, -0.15) is 0 Å². The van der Waals surface area contributed by atoms with Gasteiger partial charge >= 0.3 is 0 Å². The highest BCUT2D eigenvalue weighted by Crippen LogP contribution is 2.33. The summed E-state index contributed by atoms with van der Waals surface area (Å²) in [6, 6.07) is 5.19. The molecule has 0 aromatic heterocycles. The van der Waals surface area contributed by atoms with Crippen LogP contribution in [0.15, 0.2) is 18.2 Å². The topological polar surface area (TPSA) is 76.7 Å². The number of nitrogens with one attached hydrogen (secondary N) is 2. The number of rotatable bonds is 4. The molecule has 0 radical (unpaired) electrons. The zero-order chi connectivity index (χ0) is 13.7. The van der Waals surface area contributed by atoms with E-state index in [0.29, 0.717) is 43.4 Å². The highest BCUT2D eigenvalue weighted by atomic mass is 16.6. The molecule has 2 N–H and O–H groups in total. The molecule has 0 unspecified atom stereocenters. The maximum atomic E-state index is 12.0. The minimum atomic E-state index is -0.243. The summed E-state index contributed by atoms with van der Waals surface area (Å²) in [5.41, 5.74) is 0.444. The Labute approximate surface area is 111 Å². The number of benzene rings is 1. The Bertz CT molecular complexity index is 488. The monoisotopic (exact) mass is 264 g/mol. The van der Waals surface area contributed by atoms with Crippen molar-refractivity contribution in [2.75, 3.05) is 26.3 Å². The first kappa shape index (κ1) is 13.2. The first-order chi connectivity index (χ1) is 9.18. The lowest BCUT2D eigenvalue weighted by Gasteiger charge is -2.20. The van der Waals surface area contributed by atoms with Crippen LogP contribution in [-0.4, -0.2) is 38.1 Å². The normalized spacial score (nSPS) is 12.7. The van der Waals surface area contributed by atoms with Crippen LogP contribution in [0.2, 0.25) is 0 Å². The van der Waals surface area contributed by atoms with E-state index in [1.807, 2.05) is 0 Å². The lowest BCUT2D eigenvalue weighted by Crippen LogP contribution is -2.34. The number of ether oxygens (including phenoxy) is 2. The molecule has 2 rings (SSSR count). The molecular weight excluding hydrogens is 248 g/mol. The van der Waals surface area contributed by atoms with E-state index in [4.69, 9.17) is 9.47 Å². The van der Waals surface area contributed by atoms with Gasteiger partial charge in [0.1, 0.15) is 13.2 Å². The summed E-state index contributed by atoms with van der Waals surface area (Å²) in [6.45, 7) is 3.11. The van der Waals surface area contributed by atoms with Crippen LogP contribution in [0, 0.1) is 0 Å². The van der Waals surface area contributed by atoms with E-state index < -0.39 is 0 Å². The number of hydrogen-bond donors (Lipinski definition) is 2. The van der Waals surface area contributed by atoms with Crippen LogP contribution in [0.1, 0.15) is 17.3 Å². The summed E-state index contributed by atoms with van der Waals surface area (Å²) in [5.74, 6) is 0.697. The molecule has 0 aliphatic carbocycles. The molecule has 0 fully saturated rings. The largest absolute Gasteiger partial charge is 0.486 e. The smallest absolute Gasteiger partial charge is 0.255 e. The molecule has 1 aliphatic rings. The molecule has 19 heavy (non-hydrogen) atoms. The fourth-order valence-corrected chi connectivity index (χ4v) is 1.76. The first-order valence-corrected chi connectivity index (χ1v) is 6.09. The number of fused-ring (bicyclic) bond motifs is 1. The minimum Gasteiger partial charge on any atom is -0.486 e. The van der Waals surface area contributed by atoms with Crippen molar-refractivity contribution in [3.8, 4) is 11.5 Å². The van der Waals surface area contributed by atoms with E-state index in [9.17, 15) is 9.59 Å². The van der Waals surface area contributed by atoms with Crippen molar-refractivity contribution < 1.29 is 19.1 Å². The molecule has 0 saturated carbocycles. The van der Waals surface area contributed by atoms with Gasteiger partial charge < -0.3 is 20.1 Å². The predicted octanol–water partition coefficient (Wildman–Crippen LogP) is 0.324. The van der Waals surface area contributed by atoms with Crippen molar-refractivity contribution in [3.05, 3.63) is 23.8 Å². The number of hydrogen-bond acceptors (Lipinski definition) is 4. The van der Waals surface area contributed by atoms with Crippen molar-refractivity contribution in [2.24, 2.45) is 0 Å². The van der Waals surface area contributed by atoms with E-state index in [1.54, 1.807) is 18.2 Å². The maximum Gasteiger partial charge on any atom is 0.255 e. The third-order valence-corrected chi connectivity index (χ3v) is 2.60. The lowest BCUT2D eigenvalue weighted by atomic mass is 10.1. The summed E-state index contributed by atoms with van der Waals surface area (Å²) in [4.78, 5) is 22.7. The Kier molecular flexibility index (Phi) is 4.22. The molecule has 6 nitrogen and oxygen atoms in total. The van der Waals surface area contributed by atoms with Crippen molar-refractivity contribution in [2.45, 2.75) is 6.92 Å². The molecule has 1 aromatic carbocycles. The zero-order valence-electron chi connectivity index (χ0n) is 10.7.